The second-order valence-electron chi connectivity index (χ2n) is 5.87. The average molecular weight is 316 g/mol. The van der Waals surface area contributed by atoms with Gasteiger partial charge in [-0.2, -0.15) is 5.10 Å². The van der Waals surface area contributed by atoms with Crippen molar-refractivity contribution in [3.63, 3.8) is 0 Å². The van der Waals surface area contributed by atoms with Crippen molar-refractivity contribution < 1.29 is 10.2 Å². The first-order valence-corrected chi connectivity index (χ1v) is 7.64. The molecule has 3 N–H and O–H groups in total. The number of aliphatic hydroxyl groups is 2. The van der Waals surface area contributed by atoms with E-state index in [0.717, 1.165) is 30.4 Å². The summed E-state index contributed by atoms with van der Waals surface area (Å²) in [7, 11) is 0. The number of hydrogen-bond acceptors (Lipinski definition) is 5. The molecule has 1 aromatic heterocycles. The summed E-state index contributed by atoms with van der Waals surface area (Å²) in [5.41, 5.74) is -0.430. The quantitative estimate of drug-likeness (QED) is 0.761. The van der Waals surface area contributed by atoms with Gasteiger partial charge in [-0.25, -0.2) is 4.68 Å². The first-order valence-electron chi connectivity index (χ1n) is 7.27. The maximum atomic E-state index is 12.0. The van der Waals surface area contributed by atoms with E-state index in [1.54, 1.807) is 0 Å². The van der Waals surface area contributed by atoms with E-state index >= 15 is 0 Å². The van der Waals surface area contributed by atoms with Gasteiger partial charge in [-0.3, -0.25) is 4.79 Å². The molecule has 0 radical (unpaired) electrons. The van der Waals surface area contributed by atoms with Gasteiger partial charge in [0.25, 0.3) is 5.56 Å². The third-order valence-corrected chi connectivity index (χ3v) is 4.60. The number of anilines is 1. The van der Waals surface area contributed by atoms with Crippen LogP contribution in [-0.2, 0) is 6.54 Å². The van der Waals surface area contributed by atoms with Crippen LogP contribution >= 0.6 is 11.6 Å². The van der Waals surface area contributed by atoms with E-state index in [4.69, 9.17) is 16.7 Å². The Bertz CT molecular complexity index is 539. The summed E-state index contributed by atoms with van der Waals surface area (Å²) < 4.78 is 1.13. The Labute approximate surface area is 128 Å². The fraction of sp³-hybridized carbons (Fsp3) is 0.714. The molecule has 0 amide bonds. The van der Waals surface area contributed by atoms with Gasteiger partial charge in [0.1, 0.15) is 5.02 Å². The molecule has 1 aliphatic carbocycles. The molecule has 1 aromatic rings. The molecule has 0 aliphatic heterocycles. The maximum Gasteiger partial charge on any atom is 0.287 e. The van der Waals surface area contributed by atoms with Crippen LogP contribution in [0.25, 0.3) is 0 Å². The van der Waals surface area contributed by atoms with Crippen molar-refractivity contribution in [1.29, 1.82) is 0 Å². The molecule has 1 saturated carbocycles. The van der Waals surface area contributed by atoms with Gasteiger partial charge in [0.15, 0.2) is 0 Å². The lowest BCUT2D eigenvalue weighted by Crippen LogP contribution is -2.45. The Morgan fingerprint density at radius 1 is 1.48 bits per heavy atom. The largest absolute Gasteiger partial charge is 0.394 e. The van der Waals surface area contributed by atoms with Gasteiger partial charge in [-0.15, -0.1) is 0 Å². The summed E-state index contributed by atoms with van der Waals surface area (Å²) in [6.07, 6.45) is 5.21. The minimum Gasteiger partial charge on any atom is -0.394 e. The average Bonchev–Trinajstić information content (AvgIpc) is 2.49. The number of nitrogens with zero attached hydrogens (tertiary/aromatic N) is 2. The maximum absolute atomic E-state index is 12.0. The van der Waals surface area contributed by atoms with E-state index in [2.05, 4.69) is 17.3 Å². The van der Waals surface area contributed by atoms with Crippen LogP contribution in [0.2, 0.25) is 5.02 Å². The minimum absolute atomic E-state index is 0.00419. The first-order chi connectivity index (χ1) is 10.0. The zero-order chi connectivity index (χ0) is 15.5. The number of rotatable bonds is 5. The predicted molar refractivity (Wildman–Crippen MR) is 81.7 cm³/mol. The Kier molecular flexibility index (Phi) is 5.24. The molecule has 1 aliphatic rings. The van der Waals surface area contributed by atoms with Gasteiger partial charge in [0, 0.05) is 0 Å². The van der Waals surface area contributed by atoms with Gasteiger partial charge in [-0.05, 0) is 31.6 Å². The Hall–Kier alpha value is -1.11. The van der Waals surface area contributed by atoms with Crippen LogP contribution in [0.4, 0.5) is 5.69 Å². The Morgan fingerprint density at radius 3 is 2.71 bits per heavy atom. The molecule has 0 bridgehead atoms. The van der Waals surface area contributed by atoms with E-state index in [0.29, 0.717) is 11.6 Å². The van der Waals surface area contributed by atoms with Crippen molar-refractivity contribution in [3.8, 4) is 0 Å². The summed E-state index contributed by atoms with van der Waals surface area (Å²) in [5.74, 6) is 0.651. The number of aliphatic hydroxyl groups excluding tert-OH is 2. The van der Waals surface area contributed by atoms with E-state index in [9.17, 15) is 9.90 Å². The summed E-state index contributed by atoms with van der Waals surface area (Å²) in [5, 5.41) is 25.9. The predicted octanol–water partition coefficient (Wildman–Crippen LogP) is 1.24. The van der Waals surface area contributed by atoms with Crippen LogP contribution in [0.15, 0.2) is 11.0 Å². The van der Waals surface area contributed by atoms with Crippen molar-refractivity contribution in [2.45, 2.75) is 44.7 Å². The molecule has 0 aromatic carbocycles. The molecule has 118 valence electrons. The highest BCUT2D eigenvalue weighted by Crippen LogP contribution is 2.35. The molecule has 2 rings (SSSR count). The van der Waals surface area contributed by atoms with E-state index in [-0.39, 0.29) is 24.8 Å². The minimum atomic E-state index is -0.437. The number of aromatic nitrogens is 2. The Balaban J connectivity index is 2.22. The van der Waals surface area contributed by atoms with Gasteiger partial charge in [-0.1, -0.05) is 18.5 Å². The highest BCUT2D eigenvalue weighted by Gasteiger charge is 2.34. The van der Waals surface area contributed by atoms with Gasteiger partial charge < -0.3 is 15.5 Å². The van der Waals surface area contributed by atoms with Gasteiger partial charge >= 0.3 is 0 Å². The van der Waals surface area contributed by atoms with Crippen LogP contribution in [0.1, 0.15) is 32.6 Å². The molecule has 0 spiro atoms. The van der Waals surface area contributed by atoms with Crippen molar-refractivity contribution >= 4 is 17.3 Å². The van der Waals surface area contributed by atoms with Crippen LogP contribution in [0.3, 0.4) is 0 Å². The summed E-state index contributed by atoms with van der Waals surface area (Å²) >= 11 is 6.10. The normalized spacial score (nSPS) is 25.8. The molecule has 21 heavy (non-hydrogen) atoms. The van der Waals surface area contributed by atoms with Crippen LogP contribution < -0.4 is 10.9 Å². The van der Waals surface area contributed by atoms with Crippen LogP contribution in [0, 0.1) is 5.92 Å². The topological polar surface area (TPSA) is 87.4 Å². The van der Waals surface area contributed by atoms with Crippen LogP contribution in [-0.4, -0.2) is 38.7 Å². The SMILES string of the molecule is CC1CCC(CO)(Nc2cnn(CCO)c(=O)c2Cl)CC1. The molecule has 1 heterocycles. The fourth-order valence-corrected chi connectivity index (χ4v) is 2.92. The Morgan fingerprint density at radius 2 is 2.14 bits per heavy atom. The molecule has 6 nitrogen and oxygen atoms in total. The lowest BCUT2D eigenvalue weighted by Gasteiger charge is -2.39. The third kappa shape index (κ3) is 3.56. The lowest BCUT2D eigenvalue weighted by molar-refractivity contribution is 0.155. The number of nitrogens with one attached hydrogen (secondary N) is 1. The molecule has 7 heteroatoms. The molecule has 0 atom stereocenters. The molecule has 0 saturated heterocycles. The molecule has 0 unspecified atom stereocenters. The van der Waals surface area contributed by atoms with Crippen molar-refractivity contribution in [2.75, 3.05) is 18.5 Å². The molecule has 1 fully saturated rings. The molecular formula is C14H22ClN3O3. The number of hydrogen-bond donors (Lipinski definition) is 3. The zero-order valence-electron chi connectivity index (χ0n) is 12.2. The zero-order valence-corrected chi connectivity index (χ0v) is 12.9. The highest BCUT2D eigenvalue weighted by atomic mass is 35.5. The van der Waals surface area contributed by atoms with E-state index < -0.39 is 11.1 Å². The number of halogens is 1. The second-order valence-corrected chi connectivity index (χ2v) is 6.25. The summed E-state index contributed by atoms with van der Waals surface area (Å²) in [6, 6.07) is 0. The fourth-order valence-electron chi connectivity index (χ4n) is 2.73. The van der Waals surface area contributed by atoms with Crippen LogP contribution in [0.5, 0.6) is 0 Å². The summed E-state index contributed by atoms with van der Waals surface area (Å²) in [6.45, 7) is 2.14. The summed E-state index contributed by atoms with van der Waals surface area (Å²) in [4.78, 5) is 12.0. The third-order valence-electron chi connectivity index (χ3n) is 4.23. The van der Waals surface area contributed by atoms with Crippen molar-refractivity contribution in [1.82, 2.24) is 9.78 Å². The first kappa shape index (κ1) is 16.3. The van der Waals surface area contributed by atoms with E-state index in [1.165, 1.54) is 6.20 Å². The van der Waals surface area contributed by atoms with Gasteiger partial charge in [0.2, 0.25) is 0 Å². The van der Waals surface area contributed by atoms with Crippen molar-refractivity contribution in [2.24, 2.45) is 5.92 Å². The standard InChI is InChI=1S/C14H22ClN3O3/c1-10-2-4-14(9-20,5-3-10)17-11-8-16-18(6-7-19)13(21)12(11)15/h8,10,17,19-20H,2-7,9H2,1H3. The highest BCUT2D eigenvalue weighted by molar-refractivity contribution is 6.32. The van der Waals surface area contributed by atoms with Crippen molar-refractivity contribution in [3.05, 3.63) is 21.6 Å². The molecular weight excluding hydrogens is 294 g/mol. The second kappa shape index (κ2) is 6.77. The van der Waals surface area contributed by atoms with E-state index in [1.807, 2.05) is 0 Å². The monoisotopic (exact) mass is 315 g/mol. The lowest BCUT2D eigenvalue weighted by atomic mass is 9.77. The smallest absolute Gasteiger partial charge is 0.287 e. The van der Waals surface area contributed by atoms with Gasteiger partial charge in [0.05, 0.1) is 37.2 Å².